The molecule has 0 aliphatic heterocycles. The first-order valence-electron chi connectivity index (χ1n) is 7.15. The van der Waals surface area contributed by atoms with Crippen LogP contribution >= 0.6 is 0 Å². The molecule has 20 heavy (non-hydrogen) atoms. The van der Waals surface area contributed by atoms with Crippen molar-refractivity contribution in [3.05, 3.63) is 35.9 Å². The van der Waals surface area contributed by atoms with E-state index >= 15 is 0 Å². The van der Waals surface area contributed by atoms with Crippen molar-refractivity contribution in [2.45, 2.75) is 19.9 Å². The third kappa shape index (κ3) is 4.94. The molecule has 0 aliphatic rings. The number of amides is 1. The van der Waals surface area contributed by atoms with Crippen LogP contribution in [0.5, 0.6) is 0 Å². The van der Waals surface area contributed by atoms with Crippen LogP contribution in [0.25, 0.3) is 0 Å². The fourth-order valence-electron chi connectivity index (χ4n) is 2.25. The normalized spacial score (nSPS) is 14.3. The molecule has 0 saturated carbocycles. The molecule has 2 unspecified atom stereocenters. The molecule has 1 rings (SSSR count). The van der Waals surface area contributed by atoms with Gasteiger partial charge in [-0.25, -0.2) is 0 Å². The van der Waals surface area contributed by atoms with Crippen molar-refractivity contribution in [2.75, 3.05) is 27.2 Å². The number of hydrogen-bond acceptors (Lipinski definition) is 3. The van der Waals surface area contributed by atoms with Crippen LogP contribution in [0.4, 0.5) is 0 Å². The van der Waals surface area contributed by atoms with Crippen LogP contribution in [-0.2, 0) is 4.79 Å². The van der Waals surface area contributed by atoms with Crippen molar-refractivity contribution >= 4 is 5.91 Å². The standard InChI is InChI=1S/C16H27N3O/c1-12(2)14(10-17)16(20)18-15(11-19(3)4)13-8-6-5-7-9-13/h5-9,12,14-15H,10-11,17H2,1-4H3,(H,18,20). The largest absolute Gasteiger partial charge is 0.348 e. The summed E-state index contributed by atoms with van der Waals surface area (Å²) in [6, 6.07) is 10.0. The molecule has 1 amide bonds. The molecule has 0 saturated heterocycles. The van der Waals surface area contributed by atoms with Crippen molar-refractivity contribution in [3.63, 3.8) is 0 Å². The predicted octanol–water partition coefficient (Wildman–Crippen LogP) is 1.64. The zero-order valence-electron chi connectivity index (χ0n) is 13.0. The highest BCUT2D eigenvalue weighted by Crippen LogP contribution is 2.16. The van der Waals surface area contributed by atoms with Crippen molar-refractivity contribution in [3.8, 4) is 0 Å². The van der Waals surface area contributed by atoms with Crippen LogP contribution in [-0.4, -0.2) is 38.0 Å². The molecular weight excluding hydrogens is 250 g/mol. The summed E-state index contributed by atoms with van der Waals surface area (Å²) in [5.41, 5.74) is 6.84. The van der Waals surface area contributed by atoms with Gasteiger partial charge >= 0.3 is 0 Å². The number of carbonyl (C=O) groups is 1. The summed E-state index contributed by atoms with van der Waals surface area (Å²) in [5.74, 6) is 0.150. The van der Waals surface area contributed by atoms with Crippen LogP contribution in [0, 0.1) is 11.8 Å². The molecule has 4 heteroatoms. The Hall–Kier alpha value is -1.39. The van der Waals surface area contributed by atoms with Gasteiger partial charge in [-0.05, 0) is 25.6 Å². The van der Waals surface area contributed by atoms with E-state index in [0.717, 1.165) is 12.1 Å². The maximum absolute atomic E-state index is 12.4. The van der Waals surface area contributed by atoms with Crippen LogP contribution in [0.15, 0.2) is 30.3 Å². The molecule has 2 atom stereocenters. The first-order chi connectivity index (χ1) is 9.45. The van der Waals surface area contributed by atoms with Gasteiger partial charge in [0.15, 0.2) is 0 Å². The average Bonchev–Trinajstić information content (AvgIpc) is 2.38. The van der Waals surface area contributed by atoms with Gasteiger partial charge in [-0.2, -0.15) is 0 Å². The fourth-order valence-corrected chi connectivity index (χ4v) is 2.25. The highest BCUT2D eigenvalue weighted by molar-refractivity contribution is 5.79. The van der Waals surface area contributed by atoms with Gasteiger partial charge in [-0.3, -0.25) is 4.79 Å². The van der Waals surface area contributed by atoms with Gasteiger partial charge < -0.3 is 16.0 Å². The van der Waals surface area contributed by atoms with E-state index in [1.807, 2.05) is 58.3 Å². The van der Waals surface area contributed by atoms with E-state index in [9.17, 15) is 4.79 Å². The van der Waals surface area contributed by atoms with Gasteiger partial charge in [-0.15, -0.1) is 0 Å². The minimum atomic E-state index is -0.136. The smallest absolute Gasteiger partial charge is 0.225 e. The Balaban J connectivity index is 2.82. The maximum Gasteiger partial charge on any atom is 0.225 e. The van der Waals surface area contributed by atoms with Crippen LogP contribution in [0.2, 0.25) is 0 Å². The number of hydrogen-bond donors (Lipinski definition) is 2. The predicted molar refractivity (Wildman–Crippen MR) is 83.3 cm³/mol. The molecule has 0 aromatic heterocycles. The summed E-state index contributed by atoms with van der Waals surface area (Å²) in [6.45, 7) is 5.21. The van der Waals surface area contributed by atoms with Crippen LogP contribution in [0.3, 0.4) is 0 Å². The Bertz CT molecular complexity index is 403. The highest BCUT2D eigenvalue weighted by Gasteiger charge is 2.24. The minimum Gasteiger partial charge on any atom is -0.348 e. The Morgan fingerprint density at radius 2 is 1.85 bits per heavy atom. The number of rotatable bonds is 7. The van der Waals surface area contributed by atoms with Crippen molar-refractivity contribution in [2.24, 2.45) is 17.6 Å². The fraction of sp³-hybridized carbons (Fsp3) is 0.562. The Labute approximate surface area is 122 Å². The molecule has 0 fully saturated rings. The summed E-state index contributed by atoms with van der Waals surface area (Å²) in [7, 11) is 4.01. The number of carbonyl (C=O) groups excluding carboxylic acids is 1. The SMILES string of the molecule is CC(C)C(CN)C(=O)NC(CN(C)C)c1ccccc1. The van der Waals surface area contributed by atoms with Gasteiger partial charge in [0.25, 0.3) is 0 Å². The lowest BCUT2D eigenvalue weighted by atomic mass is 9.94. The number of nitrogens with two attached hydrogens (primary N) is 1. The van der Waals surface area contributed by atoms with E-state index in [-0.39, 0.29) is 23.8 Å². The van der Waals surface area contributed by atoms with Gasteiger partial charge in [0.2, 0.25) is 5.91 Å². The van der Waals surface area contributed by atoms with Gasteiger partial charge in [0, 0.05) is 13.1 Å². The molecule has 0 heterocycles. The van der Waals surface area contributed by atoms with Gasteiger partial charge in [0.1, 0.15) is 0 Å². The molecule has 0 aliphatic carbocycles. The second-order valence-electron chi connectivity index (χ2n) is 5.82. The van der Waals surface area contributed by atoms with E-state index in [0.29, 0.717) is 6.54 Å². The number of nitrogens with one attached hydrogen (secondary N) is 1. The van der Waals surface area contributed by atoms with Crippen LogP contribution < -0.4 is 11.1 Å². The van der Waals surface area contributed by atoms with Crippen LogP contribution in [0.1, 0.15) is 25.5 Å². The quantitative estimate of drug-likeness (QED) is 0.796. The second-order valence-corrected chi connectivity index (χ2v) is 5.82. The lowest BCUT2D eigenvalue weighted by molar-refractivity contribution is -0.126. The molecule has 3 N–H and O–H groups in total. The molecule has 0 spiro atoms. The first kappa shape index (κ1) is 16.7. The molecule has 0 bridgehead atoms. The second kappa shape index (κ2) is 8.02. The molecule has 4 nitrogen and oxygen atoms in total. The van der Waals surface area contributed by atoms with Gasteiger partial charge in [-0.1, -0.05) is 44.2 Å². The molecule has 1 aromatic rings. The summed E-state index contributed by atoms with van der Waals surface area (Å²) < 4.78 is 0. The zero-order chi connectivity index (χ0) is 15.1. The topological polar surface area (TPSA) is 58.4 Å². The summed E-state index contributed by atoms with van der Waals surface area (Å²) in [5, 5.41) is 3.14. The summed E-state index contributed by atoms with van der Waals surface area (Å²) in [6.07, 6.45) is 0. The maximum atomic E-state index is 12.4. The minimum absolute atomic E-state index is 0.00787. The van der Waals surface area contributed by atoms with Crippen molar-refractivity contribution < 1.29 is 4.79 Å². The average molecular weight is 277 g/mol. The summed E-state index contributed by atoms with van der Waals surface area (Å²) >= 11 is 0. The molecule has 0 radical (unpaired) electrons. The third-order valence-corrected chi connectivity index (χ3v) is 3.46. The molecular formula is C16H27N3O. The number of nitrogens with zero attached hydrogens (tertiary/aromatic N) is 1. The summed E-state index contributed by atoms with van der Waals surface area (Å²) in [4.78, 5) is 14.4. The lowest BCUT2D eigenvalue weighted by Gasteiger charge is -2.26. The Morgan fingerprint density at radius 1 is 1.25 bits per heavy atom. The third-order valence-electron chi connectivity index (χ3n) is 3.46. The lowest BCUT2D eigenvalue weighted by Crippen LogP contribution is -2.42. The van der Waals surface area contributed by atoms with Gasteiger partial charge in [0.05, 0.1) is 12.0 Å². The Kier molecular flexibility index (Phi) is 6.68. The molecule has 1 aromatic carbocycles. The van der Waals surface area contributed by atoms with E-state index in [1.165, 1.54) is 0 Å². The zero-order valence-corrected chi connectivity index (χ0v) is 13.0. The number of benzene rings is 1. The van der Waals surface area contributed by atoms with E-state index in [1.54, 1.807) is 0 Å². The Morgan fingerprint density at radius 3 is 2.30 bits per heavy atom. The van der Waals surface area contributed by atoms with E-state index < -0.39 is 0 Å². The van der Waals surface area contributed by atoms with Crippen molar-refractivity contribution in [1.82, 2.24) is 10.2 Å². The molecule has 112 valence electrons. The number of likely N-dealkylation sites (N-methyl/N-ethyl adjacent to an activating group) is 1. The van der Waals surface area contributed by atoms with E-state index in [4.69, 9.17) is 5.73 Å². The first-order valence-corrected chi connectivity index (χ1v) is 7.15. The highest BCUT2D eigenvalue weighted by atomic mass is 16.2. The van der Waals surface area contributed by atoms with Crippen molar-refractivity contribution in [1.29, 1.82) is 0 Å². The van der Waals surface area contributed by atoms with E-state index in [2.05, 4.69) is 10.2 Å². The monoisotopic (exact) mass is 277 g/mol.